The van der Waals surface area contributed by atoms with E-state index in [1.54, 1.807) is 28.0 Å². The number of aromatic nitrogens is 3. The number of hydrogen-bond donors (Lipinski definition) is 3. The molecule has 4 atom stereocenters. The van der Waals surface area contributed by atoms with Gasteiger partial charge in [-0.3, -0.25) is 5.41 Å². The second-order valence-electron chi connectivity index (χ2n) is 21.8. The van der Waals surface area contributed by atoms with Gasteiger partial charge < -0.3 is 39.2 Å². The smallest absolute Gasteiger partial charge is 0.537 e. The van der Waals surface area contributed by atoms with E-state index in [2.05, 4.69) is 36.9 Å². The van der Waals surface area contributed by atoms with Crippen molar-refractivity contribution < 1.29 is 28.7 Å². The van der Waals surface area contributed by atoms with Gasteiger partial charge in [-0.25, -0.2) is 34.2 Å². The second kappa shape index (κ2) is 32.6. The predicted molar refractivity (Wildman–Crippen MR) is 346 cm³/mol. The fourth-order valence-electron chi connectivity index (χ4n) is 8.25. The normalized spacial score (nSPS) is 16.3. The van der Waals surface area contributed by atoms with Gasteiger partial charge in [0.15, 0.2) is 0 Å². The summed E-state index contributed by atoms with van der Waals surface area (Å²) in [6.07, 6.45) is -0.545. The summed E-state index contributed by atoms with van der Waals surface area (Å²) in [5, 5.41) is 22.2. The molecule has 8 rings (SSSR count). The number of para-hydroxylation sites is 1. The molecular formula is C61H69BCl7N10O6. The van der Waals surface area contributed by atoms with Crippen LogP contribution < -0.4 is 9.97 Å². The molecule has 3 aromatic heterocycles. The number of carbonyl (C=O) groups is 2. The van der Waals surface area contributed by atoms with Crippen molar-refractivity contribution >= 4 is 118 Å². The van der Waals surface area contributed by atoms with Gasteiger partial charge in [0.25, 0.3) is 0 Å². The first-order chi connectivity index (χ1) is 39.8. The summed E-state index contributed by atoms with van der Waals surface area (Å²) < 4.78 is 15.7. The van der Waals surface area contributed by atoms with Crippen molar-refractivity contribution in [3.8, 4) is 28.3 Å². The summed E-state index contributed by atoms with van der Waals surface area (Å²) in [5.41, 5.74) is 6.14. The maximum atomic E-state index is 12.6. The van der Waals surface area contributed by atoms with Gasteiger partial charge >= 0.3 is 19.9 Å². The molecule has 2 aliphatic rings. The number of nitrogens with one attached hydrogen (secondary N) is 2. The molecule has 85 heavy (non-hydrogen) atoms. The Labute approximate surface area is 535 Å². The average Bonchev–Trinajstić information content (AvgIpc) is 3.52. The van der Waals surface area contributed by atoms with Crippen LogP contribution in [0.5, 0.6) is 5.75 Å². The molecule has 3 aromatic carbocycles. The molecule has 24 heteroatoms. The number of amides is 2. The van der Waals surface area contributed by atoms with Crippen molar-refractivity contribution in [1.82, 2.24) is 35.0 Å². The third kappa shape index (κ3) is 21.4. The van der Waals surface area contributed by atoms with Crippen LogP contribution in [0.2, 0.25) is 35.7 Å². The van der Waals surface area contributed by atoms with Gasteiger partial charge in [-0.1, -0.05) is 148 Å². The van der Waals surface area contributed by atoms with E-state index in [0.29, 0.717) is 59.6 Å². The maximum absolute atomic E-state index is 12.6. The van der Waals surface area contributed by atoms with Crippen molar-refractivity contribution in [3.63, 3.8) is 0 Å². The van der Waals surface area contributed by atoms with Gasteiger partial charge in [0.1, 0.15) is 43.4 Å². The molecule has 1 radical (unpaired) electrons. The Morgan fingerprint density at radius 2 is 1.02 bits per heavy atom. The van der Waals surface area contributed by atoms with E-state index in [1.165, 1.54) is 6.07 Å². The molecule has 5 heterocycles. The fraction of sp³-hybridized carbons (Fsp3) is 0.377. The number of pyridine rings is 3. The summed E-state index contributed by atoms with van der Waals surface area (Å²) >= 11 is 41.8. The van der Waals surface area contributed by atoms with Crippen LogP contribution in [0.25, 0.3) is 32.2 Å². The topological polar surface area (TPSA) is 175 Å². The van der Waals surface area contributed by atoms with E-state index in [-0.39, 0.29) is 73.2 Å². The number of halogens is 7. The van der Waals surface area contributed by atoms with Gasteiger partial charge in [-0.2, -0.15) is 0 Å². The molecule has 451 valence electrons. The zero-order valence-electron chi connectivity index (χ0n) is 49.6. The number of nitrogens with zero attached hydrogens (tertiary/aromatic N) is 8. The van der Waals surface area contributed by atoms with E-state index in [0.717, 1.165) is 40.9 Å². The molecule has 0 spiro atoms. The van der Waals surface area contributed by atoms with Crippen LogP contribution in [0.1, 0.15) is 91.5 Å². The van der Waals surface area contributed by atoms with Crippen molar-refractivity contribution in [3.05, 3.63) is 172 Å². The molecule has 0 aliphatic carbocycles. The van der Waals surface area contributed by atoms with Crippen LogP contribution in [-0.2, 0) is 9.47 Å². The molecule has 2 fully saturated rings. The van der Waals surface area contributed by atoms with Crippen molar-refractivity contribution in [2.45, 2.75) is 125 Å². The Morgan fingerprint density at radius 3 is 1.51 bits per heavy atom. The van der Waals surface area contributed by atoms with E-state index in [9.17, 15) is 9.59 Å². The van der Waals surface area contributed by atoms with Crippen LogP contribution in [0.4, 0.5) is 21.0 Å². The van der Waals surface area contributed by atoms with Crippen molar-refractivity contribution in [2.24, 2.45) is 0 Å². The summed E-state index contributed by atoms with van der Waals surface area (Å²) in [7, 11) is 0.683. The van der Waals surface area contributed by atoms with Gasteiger partial charge in [-0.15, -0.1) is 0 Å². The number of aryl methyl sites for hydroxylation is 3. The number of ether oxygens (including phenoxy) is 2. The SMILES string of the molecule is C[C@@H]1CN[C@@H](C)CN1C(=O)OC(C)(C)C.Cc1ccccc1-c1nc(Cl)c(C(=N)N2C[C@@H](C)N(C(=O)OC(C)(C)C)C[C@@H]2C)cc1Cl.Cc1ccccc1O[B]O.[C-]#[N+]c1cc(Cl)c(-c2ccccc2C)nc1Cl.[C-]#[N+]c1cc(Cl)c(Cl)nc1Cl. The Bertz CT molecular complexity index is 3390. The highest BCUT2D eigenvalue weighted by molar-refractivity contribution is 6.42. The van der Waals surface area contributed by atoms with E-state index in [4.69, 9.17) is 119 Å². The van der Waals surface area contributed by atoms with Crippen LogP contribution in [0, 0.1) is 39.3 Å². The minimum Gasteiger partial charge on any atom is -0.537 e. The lowest BCUT2D eigenvalue weighted by Gasteiger charge is -2.45. The average molecular weight is 1300 g/mol. The lowest BCUT2D eigenvalue weighted by Crippen LogP contribution is -2.60. The summed E-state index contributed by atoms with van der Waals surface area (Å²) in [6.45, 7) is 41.2. The minimum absolute atomic E-state index is 0.0781. The highest BCUT2D eigenvalue weighted by atomic mass is 35.5. The van der Waals surface area contributed by atoms with Crippen LogP contribution >= 0.6 is 81.2 Å². The minimum atomic E-state index is -0.557. The number of carbonyl (C=O) groups excluding carboxylic acids is 2. The zero-order valence-corrected chi connectivity index (χ0v) is 54.9. The fourth-order valence-corrected chi connectivity index (χ4v) is 9.67. The lowest BCUT2D eigenvalue weighted by molar-refractivity contribution is 0.000321. The number of amidine groups is 1. The quantitative estimate of drug-likeness (QED) is 0.0492. The molecule has 0 bridgehead atoms. The predicted octanol–water partition coefficient (Wildman–Crippen LogP) is 17.0. The van der Waals surface area contributed by atoms with Gasteiger partial charge in [0, 0.05) is 61.5 Å². The first-order valence-corrected chi connectivity index (χ1v) is 29.3. The van der Waals surface area contributed by atoms with Gasteiger partial charge in [-0.05, 0) is 131 Å². The van der Waals surface area contributed by atoms with Crippen LogP contribution in [0.15, 0.2) is 91.0 Å². The summed E-state index contributed by atoms with van der Waals surface area (Å²) in [4.78, 5) is 48.6. The molecule has 2 aliphatic heterocycles. The first-order valence-electron chi connectivity index (χ1n) is 26.7. The number of hydrogen-bond acceptors (Lipinski definition) is 11. The molecular weight excluding hydrogens is 1230 g/mol. The highest BCUT2D eigenvalue weighted by Gasteiger charge is 2.37. The standard InChI is InChI=1S/C24H30Cl2N4O2.C13H8Cl2N2.C11H22N2O2.C7H8BO2.C6HCl3N2/c1-14-9-7-8-10-17(14)20-19(25)11-18(21(26)28-20)22(27)29-12-16(3)30(13-15(29)2)23(31)32-24(4,5)6;1-8-5-3-4-6-9(8)12-10(14)7-11(16-2)13(15)17-12;1-8-7-13(9(2)6-12-8)10(14)15-11(3,4)5;1-6-4-2-3-5-7(6)10-8-9;1-10-4-2-3(7)5(8)11-6(4)9/h7-11,15-16,27H,12-13H2,1-6H3;3-7H,1H3;8-9,12H,6-7H2,1-5H3;2-5,9H,1H3;2H/t15-,16+;;8-,9+;;/m0.0../s1. The van der Waals surface area contributed by atoms with Crippen LogP contribution in [-0.4, -0.2) is 122 Å². The molecule has 0 unspecified atom stereocenters. The van der Waals surface area contributed by atoms with Gasteiger partial charge in [0.05, 0.1) is 45.2 Å². The number of rotatable bonds is 5. The molecule has 3 N–H and O–H groups in total. The Morgan fingerprint density at radius 1 is 0.600 bits per heavy atom. The van der Waals surface area contributed by atoms with Gasteiger partial charge in [0.2, 0.25) is 11.4 Å². The van der Waals surface area contributed by atoms with Crippen LogP contribution in [0.3, 0.4) is 0 Å². The monoisotopic (exact) mass is 1290 g/mol. The lowest BCUT2D eigenvalue weighted by atomic mass is 10.0. The highest BCUT2D eigenvalue weighted by Crippen LogP contribution is 2.36. The molecule has 2 saturated heterocycles. The molecule has 6 aromatic rings. The Kier molecular flexibility index (Phi) is 27.4. The zero-order chi connectivity index (χ0) is 63.7. The number of piperazine rings is 2. The third-order valence-corrected chi connectivity index (χ3v) is 14.7. The molecule has 16 nitrogen and oxygen atoms in total. The van der Waals surface area contributed by atoms with Crippen molar-refractivity contribution in [2.75, 3.05) is 26.2 Å². The van der Waals surface area contributed by atoms with E-state index in [1.807, 2.05) is 155 Å². The summed E-state index contributed by atoms with van der Waals surface area (Å²) in [5.74, 6) is 0.925. The first kappa shape index (κ1) is 71.4. The largest absolute Gasteiger partial charge is 0.569 e. The number of benzene rings is 3. The summed E-state index contributed by atoms with van der Waals surface area (Å²) in [6, 6.07) is 28.0. The second-order valence-corrected chi connectivity index (χ2v) is 24.5. The Balaban J connectivity index is 0.000000247. The Hall–Kier alpha value is -6.09. The van der Waals surface area contributed by atoms with E-state index >= 15 is 0 Å². The maximum Gasteiger partial charge on any atom is 0.569 e. The van der Waals surface area contributed by atoms with E-state index < -0.39 is 11.2 Å². The molecule has 2 amide bonds. The third-order valence-electron chi connectivity index (χ3n) is 12.6. The molecule has 0 saturated carbocycles. The van der Waals surface area contributed by atoms with Crippen molar-refractivity contribution in [1.29, 1.82) is 5.41 Å².